The molecule has 3 rings (SSSR count). The molecule has 0 radical (unpaired) electrons. The molecule has 1 amide bonds. The minimum Gasteiger partial charge on any atom is -0.392 e. The van der Waals surface area contributed by atoms with E-state index in [1.54, 1.807) is 4.90 Å². The molecule has 1 aromatic carbocycles. The number of carbonyl (C=O) groups excluding carboxylic acids is 1. The summed E-state index contributed by atoms with van der Waals surface area (Å²) < 4.78 is 5.75. The van der Waals surface area contributed by atoms with E-state index >= 15 is 0 Å². The molecule has 1 spiro atoms. The van der Waals surface area contributed by atoms with E-state index in [2.05, 4.69) is 0 Å². The summed E-state index contributed by atoms with van der Waals surface area (Å²) in [5.74, 6) is -0.213. The Morgan fingerprint density at radius 3 is 2.58 bits per heavy atom. The molecule has 0 unspecified atom stereocenters. The first kappa shape index (κ1) is 17.4. The number of rotatable bonds is 5. The zero-order chi connectivity index (χ0) is 17.2. The maximum Gasteiger partial charge on any atom is 0.251 e. The van der Waals surface area contributed by atoms with Crippen LogP contribution >= 0.6 is 0 Å². The summed E-state index contributed by atoms with van der Waals surface area (Å²) in [6.07, 6.45) is 1.27. The Hall–Kier alpha value is -1.43. The number of hydrogen-bond acceptors (Lipinski definition) is 4. The second kappa shape index (κ2) is 7.21. The first-order valence-electron chi connectivity index (χ1n) is 8.87. The fourth-order valence-corrected chi connectivity index (χ4v) is 4.10. The van der Waals surface area contributed by atoms with E-state index in [1.807, 2.05) is 37.3 Å². The van der Waals surface area contributed by atoms with Crippen molar-refractivity contribution in [3.8, 4) is 0 Å². The summed E-state index contributed by atoms with van der Waals surface area (Å²) in [6.45, 7) is 3.77. The highest BCUT2D eigenvalue weighted by molar-refractivity contribution is 5.81. The van der Waals surface area contributed by atoms with Gasteiger partial charge < -0.3 is 19.8 Å². The van der Waals surface area contributed by atoms with E-state index in [0.29, 0.717) is 32.5 Å². The Bertz CT molecular complexity index is 552. The zero-order valence-electron chi connectivity index (χ0n) is 14.2. The van der Waals surface area contributed by atoms with Gasteiger partial charge in [-0.2, -0.15) is 0 Å². The average molecular weight is 333 g/mol. The molecule has 1 aromatic rings. The predicted molar refractivity (Wildman–Crippen MR) is 90.4 cm³/mol. The standard InChI is InChI=1S/C19H27NO4/c1-2-24-17-13-16(22)19(17)8-10-20(11-9-19)18(23)15(21)12-14-6-4-3-5-7-14/h3-7,15-17,21-22H,2,8-13H2,1H3/t15-,16-,17+/m0/s1. The van der Waals surface area contributed by atoms with Gasteiger partial charge in [0.15, 0.2) is 0 Å². The molecule has 0 bridgehead atoms. The van der Waals surface area contributed by atoms with Crippen molar-refractivity contribution >= 4 is 5.91 Å². The Morgan fingerprint density at radius 2 is 2.00 bits per heavy atom. The molecule has 0 aromatic heterocycles. The molecule has 24 heavy (non-hydrogen) atoms. The second-order valence-electron chi connectivity index (χ2n) is 6.96. The second-order valence-corrected chi connectivity index (χ2v) is 6.96. The molecular weight excluding hydrogens is 306 g/mol. The Labute approximate surface area is 143 Å². The SMILES string of the molecule is CCO[C@@H]1C[C@H](O)C12CCN(C(=O)[C@@H](O)Cc1ccccc1)CC2. The minimum absolute atomic E-state index is 0.101. The van der Waals surface area contributed by atoms with Crippen molar-refractivity contribution < 1.29 is 19.7 Å². The van der Waals surface area contributed by atoms with Crippen molar-refractivity contribution in [2.24, 2.45) is 5.41 Å². The lowest BCUT2D eigenvalue weighted by molar-refractivity contribution is -0.210. The van der Waals surface area contributed by atoms with Gasteiger partial charge in [0, 0.05) is 38.0 Å². The maximum absolute atomic E-state index is 12.5. The van der Waals surface area contributed by atoms with E-state index in [0.717, 1.165) is 18.4 Å². The van der Waals surface area contributed by atoms with Crippen LogP contribution in [-0.4, -0.2) is 59.0 Å². The van der Waals surface area contributed by atoms with Crippen molar-refractivity contribution in [1.29, 1.82) is 0 Å². The topological polar surface area (TPSA) is 70.0 Å². The molecule has 132 valence electrons. The number of ether oxygens (including phenoxy) is 1. The summed E-state index contributed by atoms with van der Waals surface area (Å²) in [4.78, 5) is 14.2. The predicted octanol–water partition coefficient (Wildman–Crippen LogP) is 1.37. The number of hydrogen-bond donors (Lipinski definition) is 2. The van der Waals surface area contributed by atoms with Crippen LogP contribution in [0.2, 0.25) is 0 Å². The van der Waals surface area contributed by atoms with Gasteiger partial charge in [-0.15, -0.1) is 0 Å². The molecule has 1 heterocycles. The van der Waals surface area contributed by atoms with Crippen molar-refractivity contribution in [2.45, 2.75) is 50.9 Å². The molecule has 1 aliphatic carbocycles. The van der Waals surface area contributed by atoms with Crippen LogP contribution in [0.4, 0.5) is 0 Å². The molecule has 2 N–H and O–H groups in total. The largest absolute Gasteiger partial charge is 0.392 e. The maximum atomic E-state index is 12.5. The van der Waals surface area contributed by atoms with Gasteiger partial charge in [0.25, 0.3) is 5.91 Å². The van der Waals surface area contributed by atoms with E-state index in [4.69, 9.17) is 4.74 Å². The first-order chi connectivity index (χ1) is 11.6. The van der Waals surface area contributed by atoms with Crippen LogP contribution in [0.15, 0.2) is 30.3 Å². The first-order valence-corrected chi connectivity index (χ1v) is 8.87. The van der Waals surface area contributed by atoms with Gasteiger partial charge in [-0.3, -0.25) is 4.79 Å². The molecule has 1 saturated carbocycles. The normalized spacial score (nSPS) is 26.9. The number of likely N-dealkylation sites (tertiary alicyclic amines) is 1. The fraction of sp³-hybridized carbons (Fsp3) is 0.632. The van der Waals surface area contributed by atoms with Gasteiger partial charge in [-0.25, -0.2) is 0 Å². The summed E-state index contributed by atoms with van der Waals surface area (Å²) in [7, 11) is 0. The van der Waals surface area contributed by atoms with Crippen LogP contribution in [-0.2, 0) is 16.0 Å². The molecule has 5 nitrogen and oxygen atoms in total. The van der Waals surface area contributed by atoms with Crippen molar-refractivity contribution in [3.05, 3.63) is 35.9 Å². The quantitative estimate of drug-likeness (QED) is 0.854. The van der Waals surface area contributed by atoms with Gasteiger partial charge in [0.2, 0.25) is 0 Å². The van der Waals surface area contributed by atoms with E-state index in [1.165, 1.54) is 0 Å². The lowest BCUT2D eigenvalue weighted by atomic mass is 9.58. The lowest BCUT2D eigenvalue weighted by Crippen LogP contribution is -2.63. The summed E-state index contributed by atoms with van der Waals surface area (Å²) in [6, 6.07) is 9.56. The van der Waals surface area contributed by atoms with E-state index in [9.17, 15) is 15.0 Å². The zero-order valence-corrected chi connectivity index (χ0v) is 14.2. The van der Waals surface area contributed by atoms with Crippen LogP contribution in [0.1, 0.15) is 31.7 Å². The van der Waals surface area contributed by atoms with E-state index in [-0.39, 0.29) is 23.5 Å². The molecule has 3 atom stereocenters. The summed E-state index contributed by atoms with van der Waals surface area (Å²) in [5, 5.41) is 20.5. The Balaban J connectivity index is 1.55. The minimum atomic E-state index is -1.00. The third kappa shape index (κ3) is 3.21. The van der Waals surface area contributed by atoms with Gasteiger partial charge in [0.05, 0.1) is 12.2 Å². The number of amides is 1. The molecule has 1 aliphatic heterocycles. The number of nitrogens with zero attached hydrogens (tertiary/aromatic N) is 1. The molecule has 5 heteroatoms. The van der Waals surface area contributed by atoms with Crippen molar-refractivity contribution in [3.63, 3.8) is 0 Å². The molecule has 1 saturated heterocycles. The monoisotopic (exact) mass is 333 g/mol. The average Bonchev–Trinajstić information content (AvgIpc) is 2.62. The van der Waals surface area contributed by atoms with Crippen molar-refractivity contribution in [2.75, 3.05) is 19.7 Å². The lowest BCUT2D eigenvalue weighted by Gasteiger charge is -2.56. The molecular formula is C19H27NO4. The van der Waals surface area contributed by atoms with Crippen molar-refractivity contribution in [1.82, 2.24) is 4.90 Å². The fourth-order valence-electron chi connectivity index (χ4n) is 4.10. The van der Waals surface area contributed by atoms with Gasteiger partial charge in [0.1, 0.15) is 6.10 Å². The smallest absolute Gasteiger partial charge is 0.251 e. The highest BCUT2D eigenvalue weighted by atomic mass is 16.5. The number of carbonyl (C=O) groups is 1. The Kier molecular flexibility index (Phi) is 5.23. The van der Waals surface area contributed by atoms with E-state index < -0.39 is 6.10 Å². The van der Waals surface area contributed by atoms with Gasteiger partial charge in [-0.05, 0) is 25.3 Å². The van der Waals surface area contributed by atoms with Crippen LogP contribution < -0.4 is 0 Å². The number of piperidine rings is 1. The molecule has 2 fully saturated rings. The third-order valence-corrected chi connectivity index (χ3v) is 5.67. The van der Waals surface area contributed by atoms with Crippen LogP contribution in [0.3, 0.4) is 0 Å². The van der Waals surface area contributed by atoms with Gasteiger partial charge >= 0.3 is 0 Å². The number of benzene rings is 1. The number of aliphatic hydroxyl groups is 2. The molecule has 2 aliphatic rings. The summed E-state index contributed by atoms with van der Waals surface area (Å²) in [5.41, 5.74) is 0.759. The van der Waals surface area contributed by atoms with Crippen LogP contribution in [0, 0.1) is 5.41 Å². The van der Waals surface area contributed by atoms with Crippen LogP contribution in [0.25, 0.3) is 0 Å². The summed E-state index contributed by atoms with van der Waals surface area (Å²) >= 11 is 0. The third-order valence-electron chi connectivity index (χ3n) is 5.67. The highest BCUT2D eigenvalue weighted by Gasteiger charge is 2.56. The number of aliphatic hydroxyl groups excluding tert-OH is 2. The van der Waals surface area contributed by atoms with Gasteiger partial charge in [-0.1, -0.05) is 30.3 Å². The van der Waals surface area contributed by atoms with Crippen LogP contribution in [0.5, 0.6) is 0 Å². The highest BCUT2D eigenvalue weighted by Crippen LogP contribution is 2.50. The Morgan fingerprint density at radius 1 is 1.33 bits per heavy atom.